The molecule has 4 atom stereocenters. The second-order valence-corrected chi connectivity index (χ2v) is 7.47. The highest BCUT2D eigenvalue weighted by Gasteiger charge is 2.55. The Balaban J connectivity index is 1.75. The van der Waals surface area contributed by atoms with E-state index >= 15 is 0 Å². The Kier molecular flexibility index (Phi) is 4.74. The molecule has 0 saturated carbocycles. The lowest BCUT2D eigenvalue weighted by Crippen LogP contribution is -2.31. The summed E-state index contributed by atoms with van der Waals surface area (Å²) in [4.78, 5) is 32.2. The summed E-state index contributed by atoms with van der Waals surface area (Å²) in [5, 5.41) is 3.61. The Labute approximate surface area is 164 Å². The number of azide groups is 1. The SMILES string of the molecule is CN(C)C=Nc1nc2c(ncn2[C@@H]2O[C@H](CN=[N+]=[N-])C3OC(C)(C)OC32)c(=O)[nH]1. The summed E-state index contributed by atoms with van der Waals surface area (Å²) >= 11 is 0. The van der Waals surface area contributed by atoms with Gasteiger partial charge in [-0.25, -0.2) is 9.98 Å². The van der Waals surface area contributed by atoms with E-state index < -0.39 is 35.9 Å². The maximum atomic E-state index is 12.4. The lowest BCUT2D eigenvalue weighted by Gasteiger charge is -2.24. The van der Waals surface area contributed by atoms with Crippen molar-refractivity contribution in [3.05, 3.63) is 27.1 Å². The van der Waals surface area contributed by atoms with Gasteiger partial charge in [0.2, 0.25) is 5.95 Å². The lowest BCUT2D eigenvalue weighted by molar-refractivity contribution is -0.195. The molecule has 2 aliphatic rings. The minimum absolute atomic E-state index is 0.0899. The zero-order valence-corrected chi connectivity index (χ0v) is 16.4. The smallest absolute Gasteiger partial charge is 0.280 e. The summed E-state index contributed by atoms with van der Waals surface area (Å²) in [5.41, 5.74) is 8.71. The molecule has 2 unspecified atom stereocenters. The van der Waals surface area contributed by atoms with Crippen molar-refractivity contribution in [1.29, 1.82) is 0 Å². The van der Waals surface area contributed by atoms with Crippen molar-refractivity contribution in [3.8, 4) is 0 Å². The van der Waals surface area contributed by atoms with E-state index in [9.17, 15) is 4.79 Å². The van der Waals surface area contributed by atoms with Crippen LogP contribution in [0.2, 0.25) is 0 Å². The average Bonchev–Trinajstić information content (AvgIpc) is 3.29. The van der Waals surface area contributed by atoms with Crippen LogP contribution in [0.4, 0.5) is 5.95 Å². The van der Waals surface area contributed by atoms with Crippen molar-refractivity contribution in [1.82, 2.24) is 24.4 Å². The van der Waals surface area contributed by atoms with Gasteiger partial charge in [-0.15, -0.1) is 0 Å². The number of hydrogen-bond acceptors (Lipinski definition) is 8. The van der Waals surface area contributed by atoms with Gasteiger partial charge in [0.1, 0.15) is 12.2 Å². The van der Waals surface area contributed by atoms with Gasteiger partial charge in [-0.1, -0.05) is 5.11 Å². The molecule has 4 rings (SSSR count). The van der Waals surface area contributed by atoms with Crippen molar-refractivity contribution < 1.29 is 14.2 Å². The fourth-order valence-corrected chi connectivity index (χ4v) is 3.48. The molecule has 154 valence electrons. The van der Waals surface area contributed by atoms with Gasteiger partial charge in [0, 0.05) is 19.0 Å². The topological polar surface area (TPSA) is 156 Å². The van der Waals surface area contributed by atoms with E-state index in [4.69, 9.17) is 19.7 Å². The van der Waals surface area contributed by atoms with E-state index in [1.807, 2.05) is 0 Å². The van der Waals surface area contributed by atoms with Crippen LogP contribution in [0.3, 0.4) is 0 Å². The average molecular weight is 403 g/mol. The van der Waals surface area contributed by atoms with E-state index in [-0.39, 0.29) is 18.0 Å². The first-order chi connectivity index (χ1) is 13.8. The normalized spacial score (nSPS) is 28.0. The Bertz CT molecular complexity index is 1050. The minimum Gasteiger partial charge on any atom is -0.369 e. The summed E-state index contributed by atoms with van der Waals surface area (Å²) < 4.78 is 19.7. The van der Waals surface area contributed by atoms with Crippen molar-refractivity contribution in [2.75, 3.05) is 20.6 Å². The van der Waals surface area contributed by atoms with Gasteiger partial charge < -0.3 is 19.1 Å². The molecule has 13 heteroatoms. The molecule has 0 aromatic carbocycles. The van der Waals surface area contributed by atoms with Gasteiger partial charge in [-0.3, -0.25) is 14.3 Å². The molecule has 4 heterocycles. The third kappa shape index (κ3) is 3.56. The highest BCUT2D eigenvalue weighted by Crippen LogP contribution is 2.43. The third-order valence-electron chi connectivity index (χ3n) is 4.56. The molecule has 1 N–H and O–H groups in total. The number of nitrogens with one attached hydrogen (secondary N) is 1. The van der Waals surface area contributed by atoms with Gasteiger partial charge in [-0.2, -0.15) is 4.98 Å². The molecule has 0 amide bonds. The highest BCUT2D eigenvalue weighted by atomic mass is 16.8. The van der Waals surface area contributed by atoms with Crippen molar-refractivity contribution in [3.63, 3.8) is 0 Å². The quantitative estimate of drug-likeness (QED) is 0.257. The van der Waals surface area contributed by atoms with Crippen LogP contribution in [-0.2, 0) is 14.2 Å². The van der Waals surface area contributed by atoms with Crippen LogP contribution in [0, 0.1) is 0 Å². The second kappa shape index (κ2) is 7.12. The van der Waals surface area contributed by atoms with Gasteiger partial charge >= 0.3 is 0 Å². The first-order valence-electron chi connectivity index (χ1n) is 8.98. The van der Waals surface area contributed by atoms with Gasteiger partial charge in [-0.05, 0) is 19.4 Å². The summed E-state index contributed by atoms with van der Waals surface area (Å²) in [6, 6.07) is 0. The van der Waals surface area contributed by atoms with Crippen molar-refractivity contribution in [2.24, 2.45) is 10.1 Å². The van der Waals surface area contributed by atoms with Crippen LogP contribution in [0.15, 0.2) is 21.2 Å². The number of aromatic nitrogens is 4. The zero-order valence-electron chi connectivity index (χ0n) is 16.4. The number of ether oxygens (including phenoxy) is 3. The predicted octanol–water partition coefficient (Wildman–Crippen LogP) is 1.07. The molecule has 0 aliphatic carbocycles. The maximum Gasteiger partial charge on any atom is 0.280 e. The van der Waals surface area contributed by atoms with Crippen molar-refractivity contribution in [2.45, 2.75) is 44.2 Å². The largest absolute Gasteiger partial charge is 0.369 e. The number of fused-ring (bicyclic) bond motifs is 2. The molecule has 2 aromatic heterocycles. The number of aliphatic imine (C=N–C) groups is 1. The van der Waals surface area contributed by atoms with E-state index in [1.165, 1.54) is 12.7 Å². The Hall–Kier alpha value is -2.99. The van der Waals surface area contributed by atoms with E-state index in [1.54, 1.807) is 37.4 Å². The molecule has 2 fully saturated rings. The van der Waals surface area contributed by atoms with E-state index in [0.29, 0.717) is 5.65 Å². The fraction of sp³-hybridized carbons (Fsp3) is 0.625. The first kappa shape index (κ1) is 19.3. The molecule has 0 radical (unpaired) electrons. The Morgan fingerprint density at radius 3 is 2.90 bits per heavy atom. The highest BCUT2D eigenvalue weighted by molar-refractivity contribution is 5.71. The number of imidazole rings is 1. The second-order valence-electron chi connectivity index (χ2n) is 7.47. The Morgan fingerprint density at radius 1 is 1.41 bits per heavy atom. The number of aromatic amines is 1. The zero-order chi connectivity index (χ0) is 20.8. The number of rotatable bonds is 5. The first-order valence-corrected chi connectivity index (χ1v) is 8.98. The summed E-state index contributed by atoms with van der Waals surface area (Å²) in [6.07, 6.45) is 0.902. The minimum atomic E-state index is -0.825. The van der Waals surface area contributed by atoms with Gasteiger partial charge in [0.25, 0.3) is 5.56 Å². The molecule has 13 nitrogen and oxygen atoms in total. The molecule has 0 spiro atoms. The van der Waals surface area contributed by atoms with Crippen LogP contribution in [0.25, 0.3) is 21.6 Å². The third-order valence-corrected chi connectivity index (χ3v) is 4.56. The molecular formula is C16H21N9O4. The molecule has 2 saturated heterocycles. The lowest BCUT2D eigenvalue weighted by atomic mass is 10.1. The molecular weight excluding hydrogens is 382 g/mol. The molecule has 2 aliphatic heterocycles. The maximum absolute atomic E-state index is 12.4. The summed E-state index contributed by atoms with van der Waals surface area (Å²) in [6.45, 7) is 3.69. The number of H-pyrrole nitrogens is 1. The van der Waals surface area contributed by atoms with Gasteiger partial charge in [0.05, 0.1) is 25.3 Å². The number of hydrogen-bond donors (Lipinski definition) is 1. The van der Waals surface area contributed by atoms with Crippen LogP contribution in [0.5, 0.6) is 0 Å². The van der Waals surface area contributed by atoms with Crippen LogP contribution < -0.4 is 5.56 Å². The van der Waals surface area contributed by atoms with Crippen LogP contribution in [0.1, 0.15) is 20.1 Å². The summed E-state index contributed by atoms with van der Waals surface area (Å²) in [7, 11) is 3.61. The molecule has 29 heavy (non-hydrogen) atoms. The predicted molar refractivity (Wildman–Crippen MR) is 102 cm³/mol. The van der Waals surface area contributed by atoms with Gasteiger partial charge in [0.15, 0.2) is 23.2 Å². The van der Waals surface area contributed by atoms with Crippen LogP contribution >= 0.6 is 0 Å². The fourth-order valence-electron chi connectivity index (χ4n) is 3.48. The number of nitrogens with zero attached hydrogens (tertiary/aromatic N) is 8. The van der Waals surface area contributed by atoms with Crippen LogP contribution in [-0.4, -0.2) is 75.5 Å². The summed E-state index contributed by atoms with van der Waals surface area (Å²) in [5.74, 6) is -0.684. The molecule has 2 aromatic rings. The Morgan fingerprint density at radius 2 is 2.17 bits per heavy atom. The van der Waals surface area contributed by atoms with Crippen molar-refractivity contribution >= 4 is 23.5 Å². The standard InChI is InChI=1S/C16H21N9O4/c1-16(2)28-10-8(5-20-23-17)27-14(11(10)29-16)25-7-18-9-12(25)21-15(22-13(9)26)19-6-24(3)4/h6-8,10-11,14H,5H2,1-4H3,(H,21,22,26)/t8-,10?,11?,14-/m1/s1. The molecule has 0 bridgehead atoms. The van der Waals surface area contributed by atoms with E-state index in [0.717, 1.165) is 0 Å². The van der Waals surface area contributed by atoms with E-state index in [2.05, 4.69) is 30.0 Å². The monoisotopic (exact) mass is 403 g/mol.